The van der Waals surface area contributed by atoms with Gasteiger partial charge in [0.2, 0.25) is 17.7 Å². The molecule has 2 amide bonds. The molecule has 0 bridgehead atoms. The summed E-state index contributed by atoms with van der Waals surface area (Å²) in [6.45, 7) is 0.556. The van der Waals surface area contributed by atoms with E-state index in [0.29, 0.717) is 22.7 Å². The van der Waals surface area contributed by atoms with Gasteiger partial charge in [-0.15, -0.1) is 0 Å². The number of carbonyl (C=O) groups excluding carboxylic acids is 2. The Morgan fingerprint density at radius 3 is 2.55 bits per heavy atom. The minimum atomic E-state index is -2.41. The van der Waals surface area contributed by atoms with Crippen LogP contribution in [0.2, 0.25) is 5.02 Å². The van der Waals surface area contributed by atoms with Gasteiger partial charge in [0.1, 0.15) is 52.0 Å². The molecule has 2 aliphatic rings. The van der Waals surface area contributed by atoms with Crippen LogP contribution >= 0.6 is 11.6 Å². The van der Waals surface area contributed by atoms with E-state index in [1.54, 1.807) is 6.07 Å². The minimum absolute atomic E-state index is 0.0707. The van der Waals surface area contributed by atoms with Gasteiger partial charge >= 0.3 is 0 Å². The molecule has 0 unspecified atom stereocenters. The van der Waals surface area contributed by atoms with Gasteiger partial charge < -0.3 is 30.4 Å². The third kappa shape index (κ3) is 5.85. The number of benzene rings is 2. The van der Waals surface area contributed by atoms with Crippen LogP contribution in [-0.4, -0.2) is 64.0 Å². The summed E-state index contributed by atoms with van der Waals surface area (Å²) < 4.78 is 62.9. The molecule has 1 aliphatic carbocycles. The van der Waals surface area contributed by atoms with Crippen molar-refractivity contribution < 1.29 is 42.1 Å². The molecule has 4 N–H and O–H groups in total. The molecule has 0 spiro atoms. The standard InChI is InChI=1S/C35H30ClF3N6O6/c1-34(33(40)47)15-51-31-21(34)11-26(42-30(31)20-10-22(36)24(38)12-23(20)37)35(48,18-8-27(39)43-28(9-18)50-3)14-41-32(46)16-6-17-13-45(19-4-5-19)44-29(17)25(7-16)49-2/h6-13,19,48H,4-5,14-15H2,1-3H3,(H2,40,47)(H,41,46)/t34-,35+/m0/s1. The summed E-state index contributed by atoms with van der Waals surface area (Å²) in [5.41, 5.74) is 1.64. The molecule has 7 rings (SSSR count). The summed E-state index contributed by atoms with van der Waals surface area (Å²) in [6.07, 6.45) is 3.81. The lowest BCUT2D eigenvalue weighted by molar-refractivity contribution is -0.123. The van der Waals surface area contributed by atoms with E-state index in [9.17, 15) is 23.5 Å². The highest BCUT2D eigenvalue weighted by atomic mass is 35.5. The Morgan fingerprint density at radius 1 is 1.10 bits per heavy atom. The molecule has 2 atom stereocenters. The number of methoxy groups -OCH3 is 2. The first kappa shape index (κ1) is 34.1. The van der Waals surface area contributed by atoms with Gasteiger partial charge in [0.25, 0.3) is 5.91 Å². The van der Waals surface area contributed by atoms with E-state index in [1.807, 2.05) is 10.9 Å². The van der Waals surface area contributed by atoms with E-state index >= 15 is 4.39 Å². The zero-order chi connectivity index (χ0) is 36.4. The first-order chi connectivity index (χ1) is 24.2. The molecule has 51 heavy (non-hydrogen) atoms. The van der Waals surface area contributed by atoms with Gasteiger partial charge in [0.05, 0.1) is 37.5 Å². The van der Waals surface area contributed by atoms with E-state index in [-0.39, 0.29) is 57.9 Å². The number of nitrogens with one attached hydrogen (secondary N) is 1. The van der Waals surface area contributed by atoms with Crippen molar-refractivity contribution in [2.45, 2.75) is 36.8 Å². The molecule has 12 nitrogen and oxygen atoms in total. The molecule has 3 aromatic heterocycles. The first-order valence-electron chi connectivity index (χ1n) is 15.7. The normalized spacial score (nSPS) is 17.8. The molecule has 5 aromatic rings. The van der Waals surface area contributed by atoms with E-state index in [0.717, 1.165) is 25.0 Å². The average molecular weight is 723 g/mol. The van der Waals surface area contributed by atoms with Gasteiger partial charge in [0, 0.05) is 52.0 Å². The molecule has 1 fully saturated rings. The van der Waals surface area contributed by atoms with Crippen molar-refractivity contribution in [3.05, 3.63) is 93.7 Å². The van der Waals surface area contributed by atoms with E-state index in [1.165, 1.54) is 39.3 Å². The zero-order valence-corrected chi connectivity index (χ0v) is 28.1. The second-order valence-electron chi connectivity index (χ2n) is 12.7. The number of carbonyl (C=O) groups is 2. The Balaban J connectivity index is 1.38. The fourth-order valence-corrected chi connectivity index (χ4v) is 6.25. The Bertz CT molecular complexity index is 2270. The Labute approximate surface area is 293 Å². The summed E-state index contributed by atoms with van der Waals surface area (Å²) in [6, 6.07) is 8.36. The molecule has 4 heterocycles. The zero-order valence-electron chi connectivity index (χ0n) is 27.4. The molecule has 0 radical (unpaired) electrons. The topological polar surface area (TPSA) is 164 Å². The van der Waals surface area contributed by atoms with Gasteiger partial charge in [0.15, 0.2) is 0 Å². The number of fused-ring (bicyclic) bond motifs is 2. The molecular weight excluding hydrogens is 693 g/mol. The number of halogens is 4. The maximum atomic E-state index is 15.4. The monoisotopic (exact) mass is 722 g/mol. The smallest absolute Gasteiger partial charge is 0.251 e. The third-order valence-electron chi connectivity index (χ3n) is 9.26. The number of nitrogens with two attached hydrogens (primary N) is 1. The molecule has 1 aliphatic heterocycles. The Hall–Kier alpha value is -5.41. The number of pyridine rings is 2. The predicted octanol–water partition coefficient (Wildman–Crippen LogP) is 4.72. The Morgan fingerprint density at radius 2 is 1.86 bits per heavy atom. The van der Waals surface area contributed by atoms with Crippen molar-refractivity contribution in [2.75, 3.05) is 27.4 Å². The molecule has 1 saturated carbocycles. The van der Waals surface area contributed by atoms with Crippen LogP contribution in [0.1, 0.15) is 53.0 Å². The highest BCUT2D eigenvalue weighted by Crippen LogP contribution is 2.47. The Kier molecular flexibility index (Phi) is 8.29. The van der Waals surface area contributed by atoms with Gasteiger partial charge in [-0.05, 0) is 44.0 Å². The van der Waals surface area contributed by atoms with Crippen molar-refractivity contribution >= 4 is 34.3 Å². The second kappa shape index (κ2) is 12.4. The predicted molar refractivity (Wildman–Crippen MR) is 177 cm³/mol. The van der Waals surface area contributed by atoms with Gasteiger partial charge in [-0.25, -0.2) is 13.8 Å². The van der Waals surface area contributed by atoms with Crippen LogP contribution in [0.4, 0.5) is 13.2 Å². The number of aromatic nitrogens is 4. The summed E-state index contributed by atoms with van der Waals surface area (Å²) in [5, 5.41) is 20.1. The fourth-order valence-electron chi connectivity index (χ4n) is 6.09. The lowest BCUT2D eigenvalue weighted by Crippen LogP contribution is -2.43. The lowest BCUT2D eigenvalue weighted by atomic mass is 9.80. The average Bonchev–Trinajstić information content (AvgIpc) is 3.78. The number of amides is 2. The van der Waals surface area contributed by atoms with Crippen molar-refractivity contribution in [1.82, 2.24) is 25.1 Å². The number of rotatable bonds is 10. The summed E-state index contributed by atoms with van der Waals surface area (Å²) in [4.78, 5) is 34.8. The van der Waals surface area contributed by atoms with Crippen LogP contribution in [-0.2, 0) is 15.8 Å². The number of nitrogens with zero attached hydrogens (tertiary/aromatic N) is 4. The van der Waals surface area contributed by atoms with E-state index in [2.05, 4.69) is 20.4 Å². The van der Waals surface area contributed by atoms with Crippen molar-refractivity contribution in [3.63, 3.8) is 0 Å². The number of primary amides is 1. The highest BCUT2D eigenvalue weighted by molar-refractivity contribution is 6.31. The molecule has 0 saturated heterocycles. The minimum Gasteiger partial charge on any atom is -0.494 e. The lowest BCUT2D eigenvalue weighted by Gasteiger charge is -2.30. The third-order valence-corrected chi connectivity index (χ3v) is 9.55. The van der Waals surface area contributed by atoms with Crippen LogP contribution in [0.3, 0.4) is 0 Å². The number of hydrogen-bond donors (Lipinski definition) is 3. The van der Waals surface area contributed by atoms with Crippen molar-refractivity contribution in [3.8, 4) is 28.6 Å². The number of ether oxygens (including phenoxy) is 3. The van der Waals surface area contributed by atoms with Gasteiger partial charge in [-0.2, -0.15) is 14.5 Å². The first-order valence-corrected chi connectivity index (χ1v) is 16.1. The van der Waals surface area contributed by atoms with Crippen molar-refractivity contribution in [2.24, 2.45) is 5.73 Å². The van der Waals surface area contributed by atoms with Crippen LogP contribution in [0, 0.1) is 17.6 Å². The van der Waals surface area contributed by atoms with E-state index < -0.39 is 52.0 Å². The van der Waals surface area contributed by atoms with E-state index in [4.69, 9.17) is 31.5 Å². The summed E-state index contributed by atoms with van der Waals surface area (Å²) >= 11 is 6.03. The SMILES string of the molecule is COc1cc([C@](O)(CNC(=O)c2cc(OC)c3nn(C4CC4)cc3c2)c2cc3c(c(-c4cc(Cl)c(F)cc4F)n2)OC[C@]3(C)C(N)=O)cc(F)n1. The van der Waals surface area contributed by atoms with Crippen LogP contribution in [0.15, 0.2) is 48.7 Å². The molecular formula is C35H30ClF3N6O6. The maximum absolute atomic E-state index is 15.4. The van der Waals surface area contributed by atoms with Crippen LogP contribution in [0.5, 0.6) is 17.4 Å². The highest BCUT2D eigenvalue weighted by Gasteiger charge is 2.46. The summed E-state index contributed by atoms with van der Waals surface area (Å²) in [5.74, 6) is -4.57. The quantitative estimate of drug-likeness (QED) is 0.137. The molecule has 264 valence electrons. The number of hydrogen-bond acceptors (Lipinski definition) is 9. The van der Waals surface area contributed by atoms with Gasteiger partial charge in [-0.1, -0.05) is 11.6 Å². The summed E-state index contributed by atoms with van der Waals surface area (Å²) in [7, 11) is 2.69. The molecule has 16 heteroatoms. The maximum Gasteiger partial charge on any atom is 0.251 e. The molecule has 2 aromatic carbocycles. The van der Waals surface area contributed by atoms with Gasteiger partial charge in [-0.3, -0.25) is 14.3 Å². The number of aliphatic hydroxyl groups is 1. The fraction of sp³-hybridized carbons (Fsp3) is 0.286. The van der Waals surface area contributed by atoms with Crippen LogP contribution < -0.4 is 25.3 Å². The van der Waals surface area contributed by atoms with Crippen LogP contribution in [0.25, 0.3) is 22.2 Å². The van der Waals surface area contributed by atoms with Crippen molar-refractivity contribution in [1.29, 1.82) is 0 Å². The largest absolute Gasteiger partial charge is 0.494 e. The second-order valence-corrected chi connectivity index (χ2v) is 13.1.